The molecule has 0 aliphatic carbocycles. The Balaban J connectivity index is 1.69. The first-order valence-corrected chi connectivity index (χ1v) is 10.6. The Morgan fingerprint density at radius 3 is 2.52 bits per heavy atom. The van der Waals surface area contributed by atoms with E-state index >= 15 is 0 Å². The molecule has 0 spiro atoms. The molecule has 0 saturated heterocycles. The second kappa shape index (κ2) is 11.4. The minimum atomic E-state index is -0.890. The Morgan fingerprint density at radius 2 is 1.81 bits per heavy atom. The normalized spacial score (nSPS) is 12.5. The molecule has 0 amide bonds. The van der Waals surface area contributed by atoms with Gasteiger partial charge in [-0.05, 0) is 36.1 Å². The minimum Gasteiger partial charge on any atom is -0.496 e. The number of rotatable bonds is 9. The molecule has 0 heterocycles. The van der Waals surface area contributed by atoms with E-state index in [4.69, 9.17) is 4.74 Å². The van der Waals surface area contributed by atoms with Crippen molar-refractivity contribution in [2.24, 2.45) is 4.99 Å². The van der Waals surface area contributed by atoms with Gasteiger partial charge in [0.15, 0.2) is 5.96 Å². The number of benzene rings is 2. The molecule has 0 saturated carbocycles. The molecular formula is C21H29N3O2S. The van der Waals surface area contributed by atoms with Crippen LogP contribution in [0.15, 0.2) is 53.5 Å². The van der Waals surface area contributed by atoms with Crippen LogP contribution >= 0.6 is 0 Å². The maximum atomic E-state index is 12.2. The van der Waals surface area contributed by atoms with Crippen molar-refractivity contribution in [1.82, 2.24) is 10.6 Å². The molecule has 2 aromatic rings. The molecule has 2 N–H and O–H groups in total. The first kappa shape index (κ1) is 21.0. The summed E-state index contributed by atoms with van der Waals surface area (Å²) in [5, 5.41) is 6.52. The standard InChI is InChI=1S/C21H29N3O2S/c1-17-9-10-18(15-20(17)26-3)11-12-23-21(22-2)24-13-14-27(25)16-19-7-5-4-6-8-19/h4-10,15H,11-14,16H2,1-3H3,(H2,22,23,24). The monoisotopic (exact) mass is 387 g/mol. The average molecular weight is 388 g/mol. The van der Waals surface area contributed by atoms with Crippen molar-refractivity contribution < 1.29 is 8.95 Å². The van der Waals surface area contributed by atoms with E-state index in [9.17, 15) is 4.21 Å². The third-order valence-electron chi connectivity index (χ3n) is 4.19. The van der Waals surface area contributed by atoms with Crippen molar-refractivity contribution in [1.29, 1.82) is 0 Å². The van der Waals surface area contributed by atoms with Gasteiger partial charge in [-0.1, -0.05) is 42.5 Å². The van der Waals surface area contributed by atoms with Crippen LogP contribution in [0.25, 0.3) is 0 Å². The van der Waals surface area contributed by atoms with Crippen molar-refractivity contribution in [2.75, 3.05) is 33.0 Å². The van der Waals surface area contributed by atoms with Crippen LogP contribution in [-0.4, -0.2) is 43.2 Å². The van der Waals surface area contributed by atoms with Crippen LogP contribution in [0.3, 0.4) is 0 Å². The van der Waals surface area contributed by atoms with E-state index in [1.54, 1.807) is 14.2 Å². The van der Waals surface area contributed by atoms with E-state index in [1.807, 2.05) is 37.3 Å². The van der Waals surface area contributed by atoms with E-state index < -0.39 is 10.8 Å². The molecule has 2 aromatic carbocycles. The van der Waals surface area contributed by atoms with Gasteiger partial charge < -0.3 is 15.4 Å². The summed E-state index contributed by atoms with van der Waals surface area (Å²) in [5.41, 5.74) is 3.45. The quantitative estimate of drug-likeness (QED) is 0.513. The molecule has 5 nitrogen and oxygen atoms in total. The Kier molecular flexibility index (Phi) is 8.84. The van der Waals surface area contributed by atoms with Crippen LogP contribution in [0.2, 0.25) is 0 Å². The third kappa shape index (κ3) is 7.43. The van der Waals surface area contributed by atoms with Crippen molar-refractivity contribution in [2.45, 2.75) is 19.1 Å². The maximum Gasteiger partial charge on any atom is 0.191 e. The van der Waals surface area contributed by atoms with Gasteiger partial charge in [-0.15, -0.1) is 0 Å². The summed E-state index contributed by atoms with van der Waals surface area (Å²) in [7, 11) is 2.54. The molecule has 2 rings (SSSR count). The van der Waals surface area contributed by atoms with Gasteiger partial charge >= 0.3 is 0 Å². The van der Waals surface area contributed by atoms with E-state index in [0.717, 1.165) is 35.8 Å². The number of hydrogen-bond donors (Lipinski definition) is 2. The van der Waals surface area contributed by atoms with Gasteiger partial charge in [-0.25, -0.2) is 0 Å². The molecule has 6 heteroatoms. The highest BCUT2D eigenvalue weighted by Crippen LogP contribution is 2.18. The summed E-state index contributed by atoms with van der Waals surface area (Å²) in [5.74, 6) is 2.82. The van der Waals surface area contributed by atoms with Gasteiger partial charge in [0.05, 0.1) is 7.11 Å². The molecule has 0 radical (unpaired) electrons. The molecule has 0 aliphatic rings. The summed E-state index contributed by atoms with van der Waals surface area (Å²) >= 11 is 0. The van der Waals surface area contributed by atoms with Crippen molar-refractivity contribution >= 4 is 16.8 Å². The van der Waals surface area contributed by atoms with Gasteiger partial charge in [0.2, 0.25) is 0 Å². The number of aryl methyl sites for hydroxylation is 1. The highest BCUT2D eigenvalue weighted by atomic mass is 32.2. The molecule has 0 aliphatic heterocycles. The predicted molar refractivity (Wildman–Crippen MR) is 114 cm³/mol. The van der Waals surface area contributed by atoms with E-state index in [-0.39, 0.29) is 0 Å². The van der Waals surface area contributed by atoms with Gasteiger partial charge in [-0.3, -0.25) is 9.20 Å². The van der Waals surface area contributed by atoms with Gasteiger partial charge in [0.25, 0.3) is 0 Å². The lowest BCUT2D eigenvalue weighted by atomic mass is 10.1. The van der Waals surface area contributed by atoms with Gasteiger partial charge in [0, 0.05) is 42.4 Å². The molecule has 0 aromatic heterocycles. The Labute approximate surface area is 164 Å². The number of aliphatic imine (C=N–C) groups is 1. The molecular weight excluding hydrogens is 358 g/mol. The first-order chi connectivity index (χ1) is 13.1. The third-order valence-corrected chi connectivity index (χ3v) is 5.51. The second-order valence-corrected chi connectivity index (χ2v) is 7.83. The largest absolute Gasteiger partial charge is 0.496 e. The lowest BCUT2D eigenvalue weighted by Crippen LogP contribution is -2.40. The van der Waals surface area contributed by atoms with Crippen LogP contribution in [0, 0.1) is 6.92 Å². The molecule has 146 valence electrons. The molecule has 1 atom stereocenters. The minimum absolute atomic E-state index is 0.587. The summed E-state index contributed by atoms with van der Waals surface area (Å²) in [6.07, 6.45) is 0.872. The molecule has 0 fully saturated rings. The highest BCUT2D eigenvalue weighted by molar-refractivity contribution is 7.84. The Hall–Kier alpha value is -2.34. The topological polar surface area (TPSA) is 62.7 Å². The van der Waals surface area contributed by atoms with Crippen molar-refractivity contribution in [3.05, 3.63) is 65.2 Å². The summed E-state index contributed by atoms with van der Waals surface area (Å²) in [4.78, 5) is 4.22. The van der Waals surface area contributed by atoms with Crippen LogP contribution < -0.4 is 15.4 Å². The SMILES string of the molecule is CN=C(NCCc1ccc(C)c(OC)c1)NCCS(=O)Cc1ccccc1. The fourth-order valence-corrected chi connectivity index (χ4v) is 3.72. The molecule has 0 bridgehead atoms. The summed E-state index contributed by atoms with van der Waals surface area (Å²) < 4.78 is 17.5. The Bertz CT molecular complexity index is 763. The number of hydrogen-bond acceptors (Lipinski definition) is 3. The van der Waals surface area contributed by atoms with E-state index in [1.165, 1.54) is 5.56 Å². The van der Waals surface area contributed by atoms with E-state index in [2.05, 4.69) is 33.8 Å². The summed E-state index contributed by atoms with van der Waals surface area (Å²) in [6.45, 7) is 3.42. The zero-order chi connectivity index (χ0) is 19.5. The maximum absolute atomic E-state index is 12.2. The lowest BCUT2D eigenvalue weighted by Gasteiger charge is -2.12. The zero-order valence-corrected chi connectivity index (χ0v) is 17.1. The molecule has 27 heavy (non-hydrogen) atoms. The second-order valence-electron chi connectivity index (χ2n) is 6.25. The zero-order valence-electron chi connectivity index (χ0n) is 16.3. The van der Waals surface area contributed by atoms with Crippen LogP contribution in [0.4, 0.5) is 0 Å². The van der Waals surface area contributed by atoms with Crippen LogP contribution in [0.5, 0.6) is 5.75 Å². The fraction of sp³-hybridized carbons (Fsp3) is 0.381. The smallest absolute Gasteiger partial charge is 0.191 e. The van der Waals surface area contributed by atoms with Crippen molar-refractivity contribution in [3.8, 4) is 5.75 Å². The van der Waals surface area contributed by atoms with Gasteiger partial charge in [0.1, 0.15) is 5.75 Å². The number of guanidine groups is 1. The van der Waals surface area contributed by atoms with Crippen LogP contribution in [0.1, 0.15) is 16.7 Å². The first-order valence-electron chi connectivity index (χ1n) is 9.09. The fourth-order valence-electron chi connectivity index (χ4n) is 2.68. The number of nitrogens with one attached hydrogen (secondary N) is 2. The Morgan fingerprint density at radius 1 is 1.07 bits per heavy atom. The number of methoxy groups -OCH3 is 1. The predicted octanol–water partition coefficient (Wildman–Crippen LogP) is 2.66. The van der Waals surface area contributed by atoms with E-state index in [0.29, 0.717) is 18.1 Å². The summed E-state index contributed by atoms with van der Waals surface area (Å²) in [6, 6.07) is 16.2. The lowest BCUT2D eigenvalue weighted by molar-refractivity contribution is 0.411. The molecule has 1 unspecified atom stereocenters. The number of nitrogens with zero attached hydrogens (tertiary/aromatic N) is 1. The number of ether oxygens (including phenoxy) is 1. The highest BCUT2D eigenvalue weighted by Gasteiger charge is 2.04. The van der Waals surface area contributed by atoms with Gasteiger partial charge in [-0.2, -0.15) is 0 Å². The van der Waals surface area contributed by atoms with Crippen molar-refractivity contribution in [3.63, 3.8) is 0 Å². The average Bonchev–Trinajstić information content (AvgIpc) is 2.68. The van der Waals surface area contributed by atoms with Crippen LogP contribution in [-0.2, 0) is 23.0 Å².